The van der Waals surface area contributed by atoms with Gasteiger partial charge in [0.25, 0.3) is 0 Å². The van der Waals surface area contributed by atoms with Crippen LogP contribution in [0.4, 0.5) is 5.69 Å². The maximum Gasteiger partial charge on any atom is 0.329 e. The first kappa shape index (κ1) is 22.6. The van der Waals surface area contributed by atoms with E-state index in [0.29, 0.717) is 45.4 Å². The van der Waals surface area contributed by atoms with Crippen LogP contribution >= 0.6 is 0 Å². The predicted octanol–water partition coefficient (Wildman–Crippen LogP) is 5.09. The highest BCUT2D eigenvalue weighted by molar-refractivity contribution is 5.84. The monoisotopic (exact) mass is 439 g/mol. The normalized spacial score (nSPS) is 17.7. The Hall–Kier alpha value is -2.57. The summed E-state index contributed by atoms with van der Waals surface area (Å²) in [5.41, 5.74) is 5.25. The molecular weight excluding hydrogens is 406 g/mol. The smallest absolute Gasteiger partial charge is 0.329 e. The van der Waals surface area contributed by atoms with Crippen LogP contribution in [0.25, 0.3) is 11.1 Å². The number of benzene rings is 2. The molecule has 6 nitrogen and oxygen atoms in total. The highest BCUT2D eigenvalue weighted by atomic mass is 16.5. The number of carboxylic acid groups (broad SMARTS) is 1. The third-order valence-electron chi connectivity index (χ3n) is 6.43. The summed E-state index contributed by atoms with van der Waals surface area (Å²) >= 11 is 0. The number of carbonyl (C=O) groups is 1. The van der Waals surface area contributed by atoms with Gasteiger partial charge in [0.15, 0.2) is 0 Å². The molecule has 172 valence electrons. The topological polar surface area (TPSA) is 77.0 Å². The van der Waals surface area contributed by atoms with E-state index in [-0.39, 0.29) is 0 Å². The van der Waals surface area contributed by atoms with E-state index in [1.54, 1.807) is 0 Å². The number of hydrogen-bond acceptors (Lipinski definition) is 5. The molecule has 2 N–H and O–H groups in total. The van der Waals surface area contributed by atoms with Crippen molar-refractivity contribution in [1.82, 2.24) is 0 Å². The summed E-state index contributed by atoms with van der Waals surface area (Å²) in [7, 11) is 0. The maximum atomic E-state index is 12.1. The minimum absolute atomic E-state index is 0.332. The van der Waals surface area contributed by atoms with Crippen LogP contribution in [0.15, 0.2) is 30.3 Å². The van der Waals surface area contributed by atoms with Crippen LogP contribution in [-0.2, 0) is 20.9 Å². The molecule has 2 aromatic carbocycles. The molecule has 1 aliphatic carbocycles. The van der Waals surface area contributed by atoms with Crippen LogP contribution < -0.4 is 10.1 Å². The number of ether oxygens (including phenoxy) is 3. The molecule has 1 saturated carbocycles. The summed E-state index contributed by atoms with van der Waals surface area (Å²) in [6.07, 6.45) is 3.42. The molecule has 1 aliphatic heterocycles. The summed E-state index contributed by atoms with van der Waals surface area (Å²) in [6.45, 7) is 8.14. The van der Waals surface area contributed by atoms with Gasteiger partial charge in [0, 0.05) is 31.7 Å². The van der Waals surface area contributed by atoms with Crippen molar-refractivity contribution in [2.24, 2.45) is 0 Å². The first-order chi connectivity index (χ1) is 15.4. The molecule has 2 aliphatic rings. The summed E-state index contributed by atoms with van der Waals surface area (Å²) in [5, 5.41) is 13.2. The minimum Gasteiger partial charge on any atom is -0.493 e. The molecular formula is C26H33NO5. The van der Waals surface area contributed by atoms with Crippen molar-refractivity contribution in [3.63, 3.8) is 0 Å². The molecule has 6 heteroatoms. The van der Waals surface area contributed by atoms with Gasteiger partial charge in [-0.2, -0.15) is 0 Å². The van der Waals surface area contributed by atoms with Gasteiger partial charge in [0.1, 0.15) is 11.3 Å². The third kappa shape index (κ3) is 4.76. The molecule has 0 atom stereocenters. The van der Waals surface area contributed by atoms with Gasteiger partial charge in [-0.15, -0.1) is 0 Å². The Labute approximate surface area is 189 Å². The molecule has 1 saturated heterocycles. The lowest BCUT2D eigenvalue weighted by Crippen LogP contribution is -2.50. The Kier molecular flexibility index (Phi) is 6.72. The molecule has 0 bridgehead atoms. The van der Waals surface area contributed by atoms with E-state index in [1.165, 1.54) is 0 Å². The molecule has 0 spiro atoms. The lowest BCUT2D eigenvalue weighted by atomic mass is 9.89. The number of rotatable bonds is 9. The van der Waals surface area contributed by atoms with Crippen LogP contribution in [0.2, 0.25) is 0 Å². The van der Waals surface area contributed by atoms with Crippen LogP contribution in [0.3, 0.4) is 0 Å². The van der Waals surface area contributed by atoms with Gasteiger partial charge in [0.2, 0.25) is 0 Å². The highest BCUT2D eigenvalue weighted by Gasteiger charge is 2.40. The van der Waals surface area contributed by atoms with Gasteiger partial charge in [-0.3, -0.25) is 0 Å². The van der Waals surface area contributed by atoms with E-state index in [9.17, 15) is 9.90 Å². The van der Waals surface area contributed by atoms with Crippen molar-refractivity contribution in [2.45, 2.75) is 64.7 Å². The average molecular weight is 440 g/mol. The lowest BCUT2D eigenvalue weighted by Gasteiger charge is -2.35. The van der Waals surface area contributed by atoms with Crippen molar-refractivity contribution < 1.29 is 24.1 Å². The van der Waals surface area contributed by atoms with Crippen molar-refractivity contribution in [3.05, 3.63) is 47.0 Å². The van der Waals surface area contributed by atoms with Gasteiger partial charge >= 0.3 is 5.97 Å². The van der Waals surface area contributed by atoms with Gasteiger partial charge in [-0.05, 0) is 73.6 Å². The summed E-state index contributed by atoms with van der Waals surface area (Å²) in [6, 6.07) is 10.3. The number of aliphatic carboxylic acids is 1. The van der Waals surface area contributed by atoms with Crippen LogP contribution in [0.1, 0.15) is 49.3 Å². The van der Waals surface area contributed by atoms with Crippen LogP contribution in [0.5, 0.6) is 5.75 Å². The van der Waals surface area contributed by atoms with E-state index in [2.05, 4.69) is 37.4 Å². The molecule has 0 amide bonds. The standard InChI is InChI=1S/C26H33NO5/c1-4-31-24-17(2)5-9-22(18(24)3)23-10-6-20(15-19(23)16-32-21-7-8-21)27-26(25(28)29)11-13-30-14-12-26/h5-6,9-10,15,21,27H,4,7-8,11-14,16H2,1-3H3,(H,28,29). The number of carboxylic acids is 1. The summed E-state index contributed by atoms with van der Waals surface area (Å²) in [5.74, 6) is 0.0877. The van der Waals surface area contributed by atoms with Gasteiger partial charge in [0.05, 0.1) is 19.3 Å². The van der Waals surface area contributed by atoms with Gasteiger partial charge < -0.3 is 24.6 Å². The maximum absolute atomic E-state index is 12.1. The Balaban J connectivity index is 1.70. The molecule has 0 unspecified atom stereocenters. The van der Waals surface area contributed by atoms with Crippen molar-refractivity contribution >= 4 is 11.7 Å². The molecule has 0 radical (unpaired) electrons. The zero-order valence-corrected chi connectivity index (χ0v) is 19.2. The van der Waals surface area contributed by atoms with E-state index >= 15 is 0 Å². The third-order valence-corrected chi connectivity index (χ3v) is 6.43. The Morgan fingerprint density at radius 2 is 1.88 bits per heavy atom. The molecule has 32 heavy (non-hydrogen) atoms. The summed E-state index contributed by atoms with van der Waals surface area (Å²) < 4.78 is 17.4. The fourth-order valence-corrected chi connectivity index (χ4v) is 4.37. The lowest BCUT2D eigenvalue weighted by molar-refractivity contribution is -0.145. The van der Waals surface area contributed by atoms with E-state index in [1.807, 2.05) is 19.1 Å². The first-order valence-electron chi connectivity index (χ1n) is 11.5. The fourth-order valence-electron chi connectivity index (χ4n) is 4.37. The Bertz CT molecular complexity index is 976. The first-order valence-corrected chi connectivity index (χ1v) is 11.5. The van der Waals surface area contributed by atoms with Crippen molar-refractivity contribution in [2.75, 3.05) is 25.1 Å². The second-order valence-corrected chi connectivity index (χ2v) is 8.82. The Morgan fingerprint density at radius 1 is 1.16 bits per heavy atom. The zero-order valence-electron chi connectivity index (χ0n) is 19.2. The van der Waals surface area contributed by atoms with Crippen molar-refractivity contribution in [1.29, 1.82) is 0 Å². The molecule has 1 heterocycles. The predicted molar refractivity (Wildman–Crippen MR) is 124 cm³/mol. The fraction of sp³-hybridized carbons (Fsp3) is 0.500. The van der Waals surface area contributed by atoms with E-state index in [4.69, 9.17) is 14.2 Å². The minimum atomic E-state index is -1.00. The van der Waals surface area contributed by atoms with E-state index < -0.39 is 11.5 Å². The van der Waals surface area contributed by atoms with Gasteiger partial charge in [-0.1, -0.05) is 18.2 Å². The quantitative estimate of drug-likeness (QED) is 0.566. The molecule has 2 fully saturated rings. The highest BCUT2D eigenvalue weighted by Crippen LogP contribution is 2.37. The number of aryl methyl sites for hydroxylation is 1. The molecule has 2 aromatic rings. The SMILES string of the molecule is CCOc1c(C)ccc(-c2ccc(NC3(C(=O)O)CCOCC3)cc2COC2CC2)c1C. The van der Waals surface area contributed by atoms with Crippen LogP contribution in [0, 0.1) is 13.8 Å². The second-order valence-electron chi connectivity index (χ2n) is 8.82. The number of nitrogens with one attached hydrogen (secondary N) is 1. The Morgan fingerprint density at radius 3 is 2.53 bits per heavy atom. The van der Waals surface area contributed by atoms with Crippen LogP contribution in [-0.4, -0.2) is 42.5 Å². The van der Waals surface area contributed by atoms with E-state index in [0.717, 1.165) is 52.1 Å². The number of anilines is 1. The van der Waals surface area contributed by atoms with Gasteiger partial charge in [-0.25, -0.2) is 4.79 Å². The largest absolute Gasteiger partial charge is 0.493 e. The molecule has 4 rings (SSSR count). The van der Waals surface area contributed by atoms with Crippen molar-refractivity contribution in [3.8, 4) is 16.9 Å². The average Bonchev–Trinajstić information content (AvgIpc) is 3.61. The molecule has 0 aromatic heterocycles. The summed E-state index contributed by atoms with van der Waals surface area (Å²) in [4.78, 5) is 12.1. The zero-order chi connectivity index (χ0) is 22.7. The number of hydrogen-bond donors (Lipinski definition) is 2. The second kappa shape index (κ2) is 9.51.